The van der Waals surface area contributed by atoms with E-state index >= 15 is 0 Å². The van der Waals surface area contributed by atoms with E-state index in [0.29, 0.717) is 18.9 Å². The number of rotatable bonds is 3. The molecule has 1 aromatic carbocycles. The van der Waals surface area contributed by atoms with Gasteiger partial charge in [-0.15, -0.1) is 12.4 Å². The van der Waals surface area contributed by atoms with Gasteiger partial charge in [-0.2, -0.15) is 13.2 Å². The first-order valence-electron chi connectivity index (χ1n) is 7.30. The topological polar surface area (TPSA) is 58.2 Å². The van der Waals surface area contributed by atoms with Crippen molar-refractivity contribution in [3.63, 3.8) is 0 Å². The number of nitrogens with one attached hydrogen (secondary N) is 2. The third-order valence-corrected chi connectivity index (χ3v) is 6.15. The molecule has 0 radical (unpaired) electrons. The van der Waals surface area contributed by atoms with Crippen molar-refractivity contribution in [1.29, 1.82) is 0 Å². The van der Waals surface area contributed by atoms with Crippen LogP contribution in [0.1, 0.15) is 31.2 Å². The smallest absolute Gasteiger partial charge is 0.311 e. The van der Waals surface area contributed by atoms with Gasteiger partial charge in [0, 0.05) is 23.1 Å². The number of piperidine rings is 1. The molecule has 2 N–H and O–H groups in total. The molecule has 2 atom stereocenters. The third-order valence-electron chi connectivity index (χ3n) is 4.33. The van der Waals surface area contributed by atoms with Crippen molar-refractivity contribution in [3.8, 4) is 0 Å². The Balaban J connectivity index is 0.00000208. The molecule has 0 amide bonds. The van der Waals surface area contributed by atoms with Gasteiger partial charge in [0.15, 0.2) is 0 Å². The maximum absolute atomic E-state index is 13.1. The molecule has 136 valence electrons. The van der Waals surface area contributed by atoms with E-state index in [-0.39, 0.29) is 35.6 Å². The van der Waals surface area contributed by atoms with Crippen molar-refractivity contribution in [2.24, 2.45) is 0 Å². The highest BCUT2D eigenvalue weighted by Crippen LogP contribution is 2.36. The minimum absolute atomic E-state index is 0. The van der Waals surface area contributed by atoms with Crippen LogP contribution in [0.25, 0.3) is 0 Å². The number of alkyl halides is 3. The lowest BCUT2D eigenvalue weighted by atomic mass is 10.0. The zero-order chi connectivity index (χ0) is 16.8. The second kappa shape index (κ2) is 6.99. The first-order chi connectivity index (χ1) is 10.6. The normalized spacial score (nSPS) is 26.9. The third kappa shape index (κ3) is 4.16. The Morgan fingerprint density at radius 2 is 1.75 bits per heavy atom. The molecule has 2 aliphatic heterocycles. The maximum Gasteiger partial charge on any atom is 0.417 e. The molecule has 2 heterocycles. The van der Waals surface area contributed by atoms with Crippen LogP contribution in [0.15, 0.2) is 23.1 Å². The van der Waals surface area contributed by atoms with E-state index in [4.69, 9.17) is 11.6 Å². The molecule has 0 spiro atoms. The van der Waals surface area contributed by atoms with Crippen LogP contribution in [0.4, 0.5) is 13.2 Å². The predicted octanol–water partition coefficient (Wildman–Crippen LogP) is 3.34. The summed E-state index contributed by atoms with van der Waals surface area (Å²) in [6.07, 6.45) is -1.67. The number of sulfonamides is 1. The van der Waals surface area contributed by atoms with Crippen LogP contribution < -0.4 is 10.0 Å². The van der Waals surface area contributed by atoms with Crippen LogP contribution in [-0.4, -0.2) is 26.5 Å². The second-order valence-electron chi connectivity index (χ2n) is 6.07. The molecule has 2 saturated heterocycles. The highest BCUT2D eigenvalue weighted by molar-refractivity contribution is 7.89. The SMILES string of the molecule is Cl.O=S(=O)(NC1CC2CCC(C1)N2)c1ccc(Cl)cc1C(F)(F)F. The number of fused-ring (bicyclic) bond motifs is 2. The van der Waals surface area contributed by atoms with Crippen LogP contribution in [0.2, 0.25) is 5.02 Å². The Kier molecular flexibility index (Phi) is 5.76. The van der Waals surface area contributed by atoms with Crippen LogP contribution in [0, 0.1) is 0 Å². The largest absolute Gasteiger partial charge is 0.417 e. The summed E-state index contributed by atoms with van der Waals surface area (Å²) < 4.78 is 66.6. The molecule has 2 unspecified atom stereocenters. The predicted molar refractivity (Wildman–Crippen MR) is 87.0 cm³/mol. The summed E-state index contributed by atoms with van der Waals surface area (Å²) in [6, 6.07) is 2.81. The van der Waals surface area contributed by atoms with Crippen molar-refractivity contribution in [2.45, 2.75) is 54.9 Å². The van der Waals surface area contributed by atoms with Crippen LogP contribution >= 0.6 is 24.0 Å². The summed E-state index contributed by atoms with van der Waals surface area (Å²) in [5, 5.41) is 3.20. The van der Waals surface area contributed by atoms with Crippen molar-refractivity contribution in [3.05, 3.63) is 28.8 Å². The van der Waals surface area contributed by atoms with Gasteiger partial charge >= 0.3 is 6.18 Å². The first kappa shape index (κ1) is 19.8. The Morgan fingerprint density at radius 1 is 1.17 bits per heavy atom. The molecule has 2 bridgehead atoms. The van der Waals surface area contributed by atoms with Gasteiger partial charge in [0.1, 0.15) is 0 Å². The fourth-order valence-electron chi connectivity index (χ4n) is 3.39. The van der Waals surface area contributed by atoms with Gasteiger partial charge < -0.3 is 5.32 Å². The number of benzene rings is 1. The zero-order valence-corrected chi connectivity index (χ0v) is 14.8. The summed E-state index contributed by atoms with van der Waals surface area (Å²) in [5.74, 6) is 0. The standard InChI is InChI=1S/C14H16ClF3N2O2S.ClH/c15-8-1-4-13(12(5-8)14(16,17)18)23(21,22)20-11-6-9-2-3-10(7-11)19-9;/h1,4-5,9-11,19-20H,2-3,6-7H2;1H. The number of halogens is 5. The molecule has 2 aliphatic rings. The molecule has 0 aliphatic carbocycles. The minimum atomic E-state index is -4.79. The molecular weight excluding hydrogens is 388 g/mol. The van der Waals surface area contributed by atoms with Gasteiger partial charge in [-0.05, 0) is 43.9 Å². The average Bonchev–Trinajstić information content (AvgIpc) is 2.76. The number of hydrogen-bond donors (Lipinski definition) is 2. The average molecular weight is 405 g/mol. The van der Waals surface area contributed by atoms with Gasteiger partial charge in [-0.25, -0.2) is 13.1 Å². The molecular formula is C14H17Cl2F3N2O2S. The molecule has 4 nitrogen and oxygen atoms in total. The van der Waals surface area contributed by atoms with Crippen LogP contribution in [0.3, 0.4) is 0 Å². The van der Waals surface area contributed by atoms with Gasteiger partial charge in [0.05, 0.1) is 10.5 Å². The molecule has 10 heteroatoms. The van der Waals surface area contributed by atoms with Gasteiger partial charge in [0.25, 0.3) is 0 Å². The summed E-state index contributed by atoms with van der Waals surface area (Å²) in [5.41, 5.74) is -1.24. The summed E-state index contributed by atoms with van der Waals surface area (Å²) in [7, 11) is -4.27. The molecule has 0 saturated carbocycles. The van der Waals surface area contributed by atoms with Crippen LogP contribution in [0.5, 0.6) is 0 Å². The molecule has 1 aromatic rings. The van der Waals surface area contributed by atoms with Gasteiger partial charge in [-0.1, -0.05) is 11.6 Å². The molecule has 2 fully saturated rings. The fraction of sp³-hybridized carbons (Fsp3) is 0.571. The van der Waals surface area contributed by atoms with Crippen molar-refractivity contribution < 1.29 is 21.6 Å². The summed E-state index contributed by atoms with van der Waals surface area (Å²) in [6.45, 7) is 0. The maximum atomic E-state index is 13.1. The minimum Gasteiger partial charge on any atom is -0.311 e. The lowest BCUT2D eigenvalue weighted by Gasteiger charge is -2.29. The Bertz CT molecular complexity index is 700. The summed E-state index contributed by atoms with van der Waals surface area (Å²) >= 11 is 5.59. The lowest BCUT2D eigenvalue weighted by molar-refractivity contribution is -0.139. The summed E-state index contributed by atoms with van der Waals surface area (Å²) in [4.78, 5) is -0.778. The van der Waals surface area contributed by atoms with E-state index in [1.165, 1.54) is 0 Å². The van der Waals surface area contributed by atoms with E-state index in [1.54, 1.807) is 0 Å². The second-order valence-corrected chi connectivity index (χ2v) is 8.18. The Labute approximate surface area is 149 Å². The fourth-order valence-corrected chi connectivity index (χ4v) is 5.04. The molecule has 3 rings (SSSR count). The Hall–Kier alpha value is -0.540. The lowest BCUT2D eigenvalue weighted by Crippen LogP contribution is -2.48. The van der Waals surface area contributed by atoms with Gasteiger partial charge in [0.2, 0.25) is 10.0 Å². The number of hydrogen-bond acceptors (Lipinski definition) is 3. The van der Waals surface area contributed by atoms with E-state index in [1.807, 2.05) is 0 Å². The van der Waals surface area contributed by atoms with E-state index in [2.05, 4.69) is 10.0 Å². The highest BCUT2D eigenvalue weighted by atomic mass is 35.5. The quantitative estimate of drug-likeness (QED) is 0.811. The van der Waals surface area contributed by atoms with E-state index < -0.39 is 26.7 Å². The van der Waals surface area contributed by atoms with Gasteiger partial charge in [-0.3, -0.25) is 0 Å². The van der Waals surface area contributed by atoms with E-state index in [0.717, 1.165) is 25.0 Å². The van der Waals surface area contributed by atoms with Crippen LogP contribution in [-0.2, 0) is 16.2 Å². The van der Waals surface area contributed by atoms with Crippen molar-refractivity contribution >= 4 is 34.0 Å². The van der Waals surface area contributed by atoms with Crippen molar-refractivity contribution in [1.82, 2.24) is 10.0 Å². The van der Waals surface area contributed by atoms with E-state index in [9.17, 15) is 21.6 Å². The molecule has 0 aromatic heterocycles. The first-order valence-corrected chi connectivity index (χ1v) is 9.16. The van der Waals surface area contributed by atoms with Crippen molar-refractivity contribution in [2.75, 3.05) is 0 Å². The monoisotopic (exact) mass is 404 g/mol. The Morgan fingerprint density at radius 3 is 2.29 bits per heavy atom. The zero-order valence-electron chi connectivity index (χ0n) is 12.4. The highest BCUT2D eigenvalue weighted by Gasteiger charge is 2.40. The molecule has 24 heavy (non-hydrogen) atoms.